The molecule has 2 aliphatic rings. The van der Waals surface area contributed by atoms with Gasteiger partial charge in [0.2, 0.25) is 0 Å². The molecule has 1 spiro atoms. The van der Waals surface area contributed by atoms with Crippen molar-refractivity contribution in [1.29, 1.82) is 5.26 Å². The van der Waals surface area contributed by atoms with E-state index >= 15 is 0 Å². The van der Waals surface area contributed by atoms with Crippen molar-refractivity contribution in [2.75, 3.05) is 26.7 Å². The highest BCUT2D eigenvalue weighted by Gasteiger charge is 2.42. The van der Waals surface area contributed by atoms with Crippen molar-refractivity contribution >= 4 is 0 Å². The van der Waals surface area contributed by atoms with Crippen LogP contribution in [0, 0.1) is 11.5 Å². The van der Waals surface area contributed by atoms with Gasteiger partial charge >= 0.3 is 0 Å². The minimum absolute atomic E-state index is 0.251. The Bertz CT molecular complexity index is 224. The van der Waals surface area contributed by atoms with Gasteiger partial charge in [-0.25, -0.2) is 0 Å². The molecule has 0 atom stereocenters. The summed E-state index contributed by atoms with van der Waals surface area (Å²) < 4.78 is 0. The van der Waals surface area contributed by atoms with E-state index in [1.54, 1.807) is 0 Å². The second-order valence-electron chi connectivity index (χ2n) is 4.38. The van der Waals surface area contributed by atoms with E-state index in [0.717, 1.165) is 19.6 Å². The topological polar surface area (TPSA) is 30.3 Å². The molecule has 0 radical (unpaired) electrons. The molecule has 0 aromatic heterocycles. The number of nitrogens with zero attached hydrogens (tertiary/aromatic N) is 3. The van der Waals surface area contributed by atoms with Gasteiger partial charge in [-0.3, -0.25) is 0 Å². The fraction of sp³-hybridized carbons (Fsp3) is 0.917. The average molecular weight is 209 g/mol. The molecule has 3 heteroatoms. The van der Waals surface area contributed by atoms with Crippen LogP contribution in [0.2, 0.25) is 0 Å². The highest BCUT2D eigenvalue weighted by Crippen LogP contribution is 2.37. The standard InChI is InChI=1S/C10H17N3.C2H6/c1-12-7-4-10(5-8-12)3-2-6-13(10)9-11;1-2/h2-8H2,1H3;1-2H3. The van der Waals surface area contributed by atoms with Gasteiger partial charge in [0.1, 0.15) is 0 Å². The van der Waals surface area contributed by atoms with E-state index in [2.05, 4.69) is 18.1 Å². The molecule has 0 aromatic carbocycles. The molecule has 0 saturated carbocycles. The first kappa shape index (κ1) is 12.3. The Balaban J connectivity index is 0.000000531. The van der Waals surface area contributed by atoms with Gasteiger partial charge in [0, 0.05) is 19.6 Å². The maximum atomic E-state index is 9.01. The molecule has 15 heavy (non-hydrogen) atoms. The minimum atomic E-state index is 0.251. The molecule has 2 rings (SSSR count). The Morgan fingerprint density at radius 2 is 1.67 bits per heavy atom. The molecule has 0 bridgehead atoms. The van der Waals surface area contributed by atoms with E-state index < -0.39 is 0 Å². The first-order valence-corrected chi connectivity index (χ1v) is 6.13. The molecule has 0 aromatic rings. The molecular weight excluding hydrogens is 186 g/mol. The molecule has 2 saturated heterocycles. The fourth-order valence-corrected chi connectivity index (χ4v) is 2.65. The third kappa shape index (κ3) is 2.43. The van der Waals surface area contributed by atoms with Crippen molar-refractivity contribution in [1.82, 2.24) is 9.80 Å². The van der Waals surface area contributed by atoms with Crippen LogP contribution >= 0.6 is 0 Å². The lowest BCUT2D eigenvalue weighted by atomic mass is 9.85. The lowest BCUT2D eigenvalue weighted by Gasteiger charge is -2.41. The summed E-state index contributed by atoms with van der Waals surface area (Å²) in [6, 6.07) is 0. The predicted molar refractivity (Wildman–Crippen MR) is 62.4 cm³/mol. The van der Waals surface area contributed by atoms with Crippen molar-refractivity contribution in [2.24, 2.45) is 0 Å². The highest BCUT2D eigenvalue weighted by molar-refractivity contribution is 5.03. The van der Waals surface area contributed by atoms with Gasteiger partial charge < -0.3 is 9.80 Å². The quantitative estimate of drug-likeness (QED) is 0.572. The van der Waals surface area contributed by atoms with E-state index in [1.165, 1.54) is 25.7 Å². The van der Waals surface area contributed by atoms with Crippen molar-refractivity contribution in [3.05, 3.63) is 0 Å². The number of likely N-dealkylation sites (tertiary alicyclic amines) is 2. The first-order chi connectivity index (χ1) is 7.27. The molecule has 0 amide bonds. The van der Waals surface area contributed by atoms with Crippen molar-refractivity contribution in [3.8, 4) is 6.19 Å². The Hall–Kier alpha value is -0.750. The van der Waals surface area contributed by atoms with Crippen LogP contribution in [0.4, 0.5) is 0 Å². The van der Waals surface area contributed by atoms with Crippen LogP contribution in [0.15, 0.2) is 0 Å². The third-order valence-electron chi connectivity index (χ3n) is 3.63. The Kier molecular flexibility index (Phi) is 4.41. The first-order valence-electron chi connectivity index (χ1n) is 6.13. The Labute approximate surface area is 93.7 Å². The van der Waals surface area contributed by atoms with Gasteiger partial charge in [-0.15, -0.1) is 0 Å². The zero-order valence-electron chi connectivity index (χ0n) is 10.3. The summed E-state index contributed by atoms with van der Waals surface area (Å²) in [5, 5.41) is 9.01. The molecule has 3 nitrogen and oxygen atoms in total. The van der Waals surface area contributed by atoms with Crippen molar-refractivity contribution in [2.45, 2.75) is 45.1 Å². The van der Waals surface area contributed by atoms with Crippen molar-refractivity contribution < 1.29 is 0 Å². The smallest absolute Gasteiger partial charge is 0.179 e. The number of rotatable bonds is 0. The van der Waals surface area contributed by atoms with E-state index in [4.69, 9.17) is 5.26 Å². The SMILES string of the molecule is CC.CN1CCC2(CCCN2C#N)CC1. The summed E-state index contributed by atoms with van der Waals surface area (Å²) in [4.78, 5) is 4.39. The van der Waals surface area contributed by atoms with Crippen LogP contribution in [-0.2, 0) is 0 Å². The van der Waals surface area contributed by atoms with E-state index in [1.807, 2.05) is 18.7 Å². The number of hydrogen-bond acceptors (Lipinski definition) is 3. The van der Waals surface area contributed by atoms with Crippen LogP contribution in [0.25, 0.3) is 0 Å². The van der Waals surface area contributed by atoms with Crippen LogP contribution in [0.5, 0.6) is 0 Å². The maximum Gasteiger partial charge on any atom is 0.179 e. The zero-order valence-corrected chi connectivity index (χ0v) is 10.3. The van der Waals surface area contributed by atoms with Gasteiger partial charge in [0.15, 0.2) is 6.19 Å². The van der Waals surface area contributed by atoms with E-state index in [0.29, 0.717) is 0 Å². The molecule has 2 heterocycles. The lowest BCUT2D eigenvalue weighted by Crippen LogP contribution is -2.49. The Morgan fingerprint density at radius 1 is 1.07 bits per heavy atom. The van der Waals surface area contributed by atoms with Gasteiger partial charge in [-0.1, -0.05) is 13.8 Å². The summed E-state index contributed by atoms with van der Waals surface area (Å²) in [5.41, 5.74) is 0.251. The summed E-state index contributed by atoms with van der Waals surface area (Å²) in [6.45, 7) is 7.29. The number of hydrogen-bond donors (Lipinski definition) is 0. The zero-order chi connectivity index (χ0) is 11.3. The molecule has 2 fully saturated rings. The van der Waals surface area contributed by atoms with Crippen LogP contribution in [0.1, 0.15) is 39.5 Å². The summed E-state index contributed by atoms with van der Waals surface area (Å²) in [7, 11) is 2.17. The van der Waals surface area contributed by atoms with Crippen LogP contribution in [0.3, 0.4) is 0 Å². The normalized spacial score (nSPS) is 24.5. The molecule has 0 N–H and O–H groups in total. The van der Waals surface area contributed by atoms with Crippen LogP contribution < -0.4 is 0 Å². The summed E-state index contributed by atoms with van der Waals surface area (Å²) in [5.74, 6) is 0. The molecule has 86 valence electrons. The second kappa shape index (κ2) is 5.37. The second-order valence-corrected chi connectivity index (χ2v) is 4.38. The Morgan fingerprint density at radius 3 is 2.20 bits per heavy atom. The molecular formula is C12H23N3. The minimum Gasteiger partial charge on any atom is -0.306 e. The van der Waals surface area contributed by atoms with Crippen LogP contribution in [-0.4, -0.2) is 42.0 Å². The fourth-order valence-electron chi connectivity index (χ4n) is 2.65. The lowest BCUT2D eigenvalue weighted by molar-refractivity contribution is 0.103. The predicted octanol–water partition coefficient (Wildman–Crippen LogP) is 2.05. The van der Waals surface area contributed by atoms with Crippen molar-refractivity contribution in [3.63, 3.8) is 0 Å². The maximum absolute atomic E-state index is 9.01. The summed E-state index contributed by atoms with van der Waals surface area (Å²) >= 11 is 0. The van der Waals surface area contributed by atoms with E-state index in [-0.39, 0.29) is 5.54 Å². The highest BCUT2D eigenvalue weighted by atomic mass is 15.2. The number of piperidine rings is 1. The van der Waals surface area contributed by atoms with Gasteiger partial charge in [0.25, 0.3) is 0 Å². The third-order valence-corrected chi connectivity index (χ3v) is 3.63. The molecule has 2 aliphatic heterocycles. The average Bonchev–Trinajstić information content (AvgIpc) is 2.69. The van der Waals surface area contributed by atoms with Gasteiger partial charge in [0.05, 0.1) is 5.54 Å². The van der Waals surface area contributed by atoms with E-state index in [9.17, 15) is 0 Å². The van der Waals surface area contributed by atoms with Gasteiger partial charge in [-0.05, 0) is 32.7 Å². The number of nitriles is 1. The monoisotopic (exact) mass is 209 g/mol. The molecule has 0 aliphatic carbocycles. The summed E-state index contributed by atoms with van der Waals surface area (Å²) in [6.07, 6.45) is 7.15. The van der Waals surface area contributed by atoms with Gasteiger partial charge in [-0.2, -0.15) is 5.26 Å². The molecule has 0 unspecified atom stereocenters. The largest absolute Gasteiger partial charge is 0.306 e.